The summed E-state index contributed by atoms with van der Waals surface area (Å²) in [6, 6.07) is -0.925. The molecule has 0 fully saturated rings. The molecule has 1 atom stereocenters. The summed E-state index contributed by atoms with van der Waals surface area (Å²) in [6.07, 6.45) is 0. The second kappa shape index (κ2) is 10.4. The van der Waals surface area contributed by atoms with Crippen LogP contribution < -0.4 is 5.90 Å². The van der Waals surface area contributed by atoms with Gasteiger partial charge in [0.2, 0.25) is 0 Å². The van der Waals surface area contributed by atoms with Crippen LogP contribution in [0.25, 0.3) is 0 Å². The van der Waals surface area contributed by atoms with Crippen LogP contribution in [0.1, 0.15) is 0 Å². The minimum Gasteiger partial charge on any atom is -0.480 e. The van der Waals surface area contributed by atoms with E-state index in [4.69, 9.17) is 26.3 Å². The Bertz CT molecular complexity index is 410. The van der Waals surface area contributed by atoms with Crippen molar-refractivity contribution >= 4 is 23.9 Å². The zero-order valence-corrected chi connectivity index (χ0v) is 12.1. The van der Waals surface area contributed by atoms with Crippen molar-refractivity contribution in [3.63, 3.8) is 0 Å². The standard InChI is InChI=1S/C11H19N3O9/c12-23-6-7(14(4-10(19)20)5-11(21)22)1-13(2-8(15)16)3-9(17)18/h7H,1-6,12H2,(H,15,16)(H,17,18)(H,19,20)(H,21,22). The lowest BCUT2D eigenvalue weighted by Crippen LogP contribution is -2.52. The number of nitrogens with zero attached hydrogens (tertiary/aromatic N) is 2. The highest BCUT2D eigenvalue weighted by molar-refractivity contribution is 5.73. The van der Waals surface area contributed by atoms with Crippen molar-refractivity contribution in [3.05, 3.63) is 0 Å². The van der Waals surface area contributed by atoms with Crippen LogP contribution in [0, 0.1) is 0 Å². The highest BCUT2D eigenvalue weighted by atomic mass is 16.6. The molecule has 0 saturated carbocycles. The van der Waals surface area contributed by atoms with E-state index in [-0.39, 0.29) is 13.2 Å². The van der Waals surface area contributed by atoms with Crippen LogP contribution in [-0.2, 0) is 24.0 Å². The summed E-state index contributed by atoms with van der Waals surface area (Å²) in [6.45, 7) is -3.13. The summed E-state index contributed by atoms with van der Waals surface area (Å²) < 4.78 is 0. The van der Waals surface area contributed by atoms with Crippen LogP contribution in [-0.4, -0.2) is 99.5 Å². The lowest BCUT2D eigenvalue weighted by Gasteiger charge is -2.32. The lowest BCUT2D eigenvalue weighted by molar-refractivity contribution is -0.147. The van der Waals surface area contributed by atoms with Gasteiger partial charge in [0, 0.05) is 12.6 Å². The molecule has 1 unspecified atom stereocenters. The van der Waals surface area contributed by atoms with E-state index in [2.05, 4.69) is 4.84 Å². The third kappa shape index (κ3) is 10.1. The van der Waals surface area contributed by atoms with Crippen LogP contribution in [0.3, 0.4) is 0 Å². The van der Waals surface area contributed by atoms with E-state index in [1.54, 1.807) is 0 Å². The van der Waals surface area contributed by atoms with Gasteiger partial charge in [0.15, 0.2) is 0 Å². The number of rotatable bonds is 13. The Hall–Kier alpha value is -2.28. The molecule has 0 rings (SSSR count). The zero-order chi connectivity index (χ0) is 18.0. The Morgan fingerprint density at radius 2 is 1.22 bits per heavy atom. The molecular weight excluding hydrogens is 318 g/mol. The van der Waals surface area contributed by atoms with E-state index in [0.29, 0.717) is 0 Å². The highest BCUT2D eigenvalue weighted by Gasteiger charge is 2.27. The third-order valence-electron chi connectivity index (χ3n) is 2.67. The molecule has 0 aliphatic rings. The predicted octanol–water partition coefficient (Wildman–Crippen LogP) is -2.81. The minimum atomic E-state index is -1.31. The van der Waals surface area contributed by atoms with Crippen molar-refractivity contribution in [2.24, 2.45) is 5.90 Å². The number of carboxylic acid groups (broad SMARTS) is 4. The maximum atomic E-state index is 10.8. The van der Waals surface area contributed by atoms with E-state index in [0.717, 1.165) is 9.80 Å². The Balaban J connectivity index is 5.17. The van der Waals surface area contributed by atoms with Crippen LogP contribution in [0.2, 0.25) is 0 Å². The van der Waals surface area contributed by atoms with Crippen LogP contribution in [0.5, 0.6) is 0 Å². The fourth-order valence-corrected chi connectivity index (χ4v) is 1.91. The van der Waals surface area contributed by atoms with Gasteiger partial charge in [-0.2, -0.15) is 0 Å². The predicted molar refractivity (Wildman–Crippen MR) is 72.5 cm³/mol. The van der Waals surface area contributed by atoms with Gasteiger partial charge in [0.25, 0.3) is 0 Å². The summed E-state index contributed by atoms with van der Waals surface area (Å²) in [5.41, 5.74) is 0. The molecule has 0 saturated heterocycles. The Kier molecular flexibility index (Phi) is 9.41. The summed E-state index contributed by atoms with van der Waals surface area (Å²) in [5, 5.41) is 35.2. The lowest BCUT2D eigenvalue weighted by atomic mass is 10.2. The normalized spacial score (nSPS) is 12.3. The van der Waals surface area contributed by atoms with Gasteiger partial charge in [-0.05, 0) is 0 Å². The maximum Gasteiger partial charge on any atom is 0.317 e. The zero-order valence-electron chi connectivity index (χ0n) is 12.1. The fraction of sp³-hybridized carbons (Fsp3) is 0.636. The van der Waals surface area contributed by atoms with Crippen LogP contribution in [0.15, 0.2) is 0 Å². The first-order valence-electron chi connectivity index (χ1n) is 6.31. The van der Waals surface area contributed by atoms with Crippen molar-refractivity contribution in [2.45, 2.75) is 6.04 Å². The van der Waals surface area contributed by atoms with E-state index < -0.39 is 56.1 Å². The van der Waals surface area contributed by atoms with Crippen molar-refractivity contribution in [3.8, 4) is 0 Å². The van der Waals surface area contributed by atoms with Crippen molar-refractivity contribution in [1.82, 2.24) is 9.80 Å². The first kappa shape index (κ1) is 20.7. The average molecular weight is 337 g/mol. The molecule has 6 N–H and O–H groups in total. The van der Waals surface area contributed by atoms with Gasteiger partial charge in [0.05, 0.1) is 32.8 Å². The molecule has 0 spiro atoms. The number of nitrogens with two attached hydrogens (primary N) is 1. The van der Waals surface area contributed by atoms with E-state index >= 15 is 0 Å². The molecule has 0 aliphatic heterocycles. The molecule has 0 bridgehead atoms. The van der Waals surface area contributed by atoms with Gasteiger partial charge in [-0.3, -0.25) is 29.0 Å². The minimum absolute atomic E-state index is 0.254. The molecule has 12 nitrogen and oxygen atoms in total. The second-order valence-corrected chi connectivity index (χ2v) is 4.64. The van der Waals surface area contributed by atoms with Crippen molar-refractivity contribution < 1.29 is 44.4 Å². The van der Waals surface area contributed by atoms with Crippen LogP contribution >= 0.6 is 0 Å². The molecule has 0 amide bonds. The maximum absolute atomic E-state index is 10.8. The average Bonchev–Trinajstić information content (AvgIpc) is 2.34. The Morgan fingerprint density at radius 3 is 1.52 bits per heavy atom. The Labute approximate surface area is 130 Å². The van der Waals surface area contributed by atoms with Crippen molar-refractivity contribution in [2.75, 3.05) is 39.3 Å². The quantitative estimate of drug-likeness (QED) is 0.217. The molecule has 0 aromatic rings. The van der Waals surface area contributed by atoms with Gasteiger partial charge in [-0.1, -0.05) is 0 Å². The monoisotopic (exact) mass is 337 g/mol. The van der Waals surface area contributed by atoms with E-state index in [1.807, 2.05) is 0 Å². The fourth-order valence-electron chi connectivity index (χ4n) is 1.91. The molecule has 12 heteroatoms. The van der Waals surface area contributed by atoms with E-state index in [1.165, 1.54) is 0 Å². The van der Waals surface area contributed by atoms with Gasteiger partial charge >= 0.3 is 23.9 Å². The summed E-state index contributed by atoms with van der Waals surface area (Å²) >= 11 is 0. The van der Waals surface area contributed by atoms with Gasteiger partial charge in [-0.25, -0.2) is 5.90 Å². The van der Waals surface area contributed by atoms with Crippen molar-refractivity contribution in [1.29, 1.82) is 0 Å². The van der Waals surface area contributed by atoms with Gasteiger partial charge in [-0.15, -0.1) is 0 Å². The second-order valence-electron chi connectivity index (χ2n) is 4.64. The summed E-state index contributed by atoms with van der Waals surface area (Å²) in [5.74, 6) is -0.264. The number of carbonyl (C=O) groups is 4. The van der Waals surface area contributed by atoms with E-state index in [9.17, 15) is 19.2 Å². The highest BCUT2D eigenvalue weighted by Crippen LogP contribution is 2.04. The topological polar surface area (TPSA) is 191 Å². The SMILES string of the molecule is NOCC(CN(CC(=O)O)CC(=O)O)N(CC(=O)O)CC(=O)O. The molecule has 132 valence electrons. The largest absolute Gasteiger partial charge is 0.480 e. The molecule has 0 radical (unpaired) electrons. The Morgan fingerprint density at radius 1 is 0.826 bits per heavy atom. The molecule has 0 aromatic heterocycles. The first-order chi connectivity index (χ1) is 10.6. The first-order valence-corrected chi connectivity index (χ1v) is 6.31. The third-order valence-corrected chi connectivity index (χ3v) is 2.67. The smallest absolute Gasteiger partial charge is 0.317 e. The number of carboxylic acids is 4. The molecule has 23 heavy (non-hydrogen) atoms. The molecular formula is C11H19N3O9. The number of hydrogen-bond acceptors (Lipinski definition) is 8. The van der Waals surface area contributed by atoms with Crippen LogP contribution in [0.4, 0.5) is 0 Å². The van der Waals surface area contributed by atoms with Gasteiger partial charge in [0.1, 0.15) is 0 Å². The summed E-state index contributed by atoms with van der Waals surface area (Å²) in [7, 11) is 0. The molecule has 0 heterocycles. The molecule has 0 aromatic carbocycles. The number of hydrogen-bond donors (Lipinski definition) is 5. The molecule has 0 aliphatic carbocycles. The summed E-state index contributed by atoms with van der Waals surface area (Å²) in [4.78, 5) is 49.6. The number of aliphatic carboxylic acids is 4. The van der Waals surface area contributed by atoms with Gasteiger partial charge < -0.3 is 25.3 Å².